The first-order chi connectivity index (χ1) is 9.54. The van der Waals surface area contributed by atoms with Crippen LogP contribution < -0.4 is 10.6 Å². The van der Waals surface area contributed by atoms with Gasteiger partial charge in [-0.2, -0.15) is 0 Å². The molecular formula is C15H20F2N2O. The van der Waals surface area contributed by atoms with Gasteiger partial charge in [0.15, 0.2) is 0 Å². The van der Waals surface area contributed by atoms with E-state index in [1.54, 1.807) is 0 Å². The lowest BCUT2D eigenvalue weighted by Gasteiger charge is -2.36. The van der Waals surface area contributed by atoms with E-state index in [-0.39, 0.29) is 17.1 Å². The smallest absolute Gasteiger partial charge is 0.226 e. The summed E-state index contributed by atoms with van der Waals surface area (Å²) in [6.07, 6.45) is 5.58. The molecule has 1 aromatic rings. The summed E-state index contributed by atoms with van der Waals surface area (Å²) in [5, 5.41) is 5.77. The van der Waals surface area contributed by atoms with Crippen molar-refractivity contribution in [1.29, 1.82) is 0 Å². The van der Waals surface area contributed by atoms with Crippen LogP contribution in [0.2, 0.25) is 0 Å². The average molecular weight is 282 g/mol. The van der Waals surface area contributed by atoms with Crippen LogP contribution in [0.15, 0.2) is 18.2 Å². The quantitative estimate of drug-likeness (QED) is 0.890. The zero-order chi connectivity index (χ0) is 14.6. The molecule has 5 heteroatoms. The van der Waals surface area contributed by atoms with Crippen LogP contribution in [0.4, 0.5) is 14.5 Å². The zero-order valence-electron chi connectivity index (χ0n) is 11.6. The first-order valence-electron chi connectivity index (χ1n) is 6.98. The number of nitrogens with one attached hydrogen (secondary N) is 2. The molecule has 0 heterocycles. The number of benzene rings is 1. The summed E-state index contributed by atoms with van der Waals surface area (Å²) in [5.74, 6) is -1.65. The minimum absolute atomic E-state index is 0.0264. The number of halogens is 2. The van der Waals surface area contributed by atoms with E-state index in [1.807, 2.05) is 7.05 Å². The van der Waals surface area contributed by atoms with E-state index in [2.05, 4.69) is 10.6 Å². The molecular weight excluding hydrogens is 262 g/mol. The summed E-state index contributed by atoms with van der Waals surface area (Å²) >= 11 is 0. The minimum atomic E-state index is -0.750. The third kappa shape index (κ3) is 3.54. The Balaban J connectivity index is 2.00. The maximum atomic E-state index is 13.5. The largest absolute Gasteiger partial charge is 0.324 e. The molecule has 2 rings (SSSR count). The van der Waals surface area contributed by atoms with Gasteiger partial charge in [-0.15, -0.1) is 0 Å². The lowest BCUT2D eigenvalue weighted by molar-refractivity contribution is -0.118. The minimum Gasteiger partial charge on any atom is -0.324 e. The van der Waals surface area contributed by atoms with Crippen molar-refractivity contribution < 1.29 is 13.6 Å². The Morgan fingerprint density at radius 1 is 1.25 bits per heavy atom. The molecule has 3 nitrogen and oxygen atoms in total. The monoisotopic (exact) mass is 282 g/mol. The molecule has 0 atom stereocenters. The van der Waals surface area contributed by atoms with Gasteiger partial charge in [0.05, 0.1) is 5.69 Å². The second-order valence-electron chi connectivity index (χ2n) is 5.44. The van der Waals surface area contributed by atoms with Crippen molar-refractivity contribution in [2.75, 3.05) is 12.4 Å². The topological polar surface area (TPSA) is 41.1 Å². The lowest BCUT2D eigenvalue weighted by atomic mass is 9.79. The van der Waals surface area contributed by atoms with Crippen molar-refractivity contribution in [3.63, 3.8) is 0 Å². The van der Waals surface area contributed by atoms with E-state index in [1.165, 1.54) is 12.5 Å². The van der Waals surface area contributed by atoms with Crippen molar-refractivity contribution >= 4 is 11.6 Å². The predicted octanol–water partition coefficient (Wildman–Crippen LogP) is 3.22. The Labute approximate surface area is 117 Å². The molecule has 0 unspecified atom stereocenters. The molecule has 1 amide bonds. The zero-order valence-corrected chi connectivity index (χ0v) is 11.6. The van der Waals surface area contributed by atoms with E-state index in [0.29, 0.717) is 6.42 Å². The van der Waals surface area contributed by atoms with E-state index in [9.17, 15) is 13.6 Å². The number of amides is 1. The van der Waals surface area contributed by atoms with Crippen LogP contribution in [-0.2, 0) is 4.79 Å². The number of anilines is 1. The van der Waals surface area contributed by atoms with Crippen LogP contribution in [0.1, 0.15) is 38.5 Å². The first-order valence-corrected chi connectivity index (χ1v) is 6.98. The fraction of sp³-hybridized carbons (Fsp3) is 0.533. The van der Waals surface area contributed by atoms with Gasteiger partial charge in [-0.05, 0) is 32.0 Å². The van der Waals surface area contributed by atoms with Gasteiger partial charge < -0.3 is 10.6 Å². The summed E-state index contributed by atoms with van der Waals surface area (Å²) in [6, 6.07) is 3.15. The second-order valence-corrected chi connectivity index (χ2v) is 5.44. The molecule has 20 heavy (non-hydrogen) atoms. The van der Waals surface area contributed by atoms with Crippen molar-refractivity contribution in [2.24, 2.45) is 0 Å². The molecule has 0 spiro atoms. The lowest BCUT2D eigenvalue weighted by Crippen LogP contribution is -2.47. The molecule has 0 aromatic heterocycles. The van der Waals surface area contributed by atoms with Crippen LogP contribution in [0, 0.1) is 11.6 Å². The van der Waals surface area contributed by atoms with Crippen LogP contribution in [-0.4, -0.2) is 18.5 Å². The Bertz CT molecular complexity index is 485. The van der Waals surface area contributed by atoms with Crippen LogP contribution in [0.3, 0.4) is 0 Å². The van der Waals surface area contributed by atoms with Gasteiger partial charge in [0.25, 0.3) is 0 Å². The van der Waals surface area contributed by atoms with Gasteiger partial charge in [0.2, 0.25) is 5.91 Å². The summed E-state index contributed by atoms with van der Waals surface area (Å²) in [6.45, 7) is 0. The fourth-order valence-corrected chi connectivity index (χ4v) is 2.84. The maximum Gasteiger partial charge on any atom is 0.226 e. The Morgan fingerprint density at radius 3 is 2.55 bits per heavy atom. The first kappa shape index (κ1) is 14.9. The molecule has 1 aliphatic carbocycles. The highest BCUT2D eigenvalue weighted by Crippen LogP contribution is 2.31. The molecule has 0 saturated heterocycles. The highest BCUT2D eigenvalue weighted by Gasteiger charge is 2.32. The van der Waals surface area contributed by atoms with Gasteiger partial charge in [-0.3, -0.25) is 4.79 Å². The molecule has 1 fully saturated rings. The number of carbonyl (C=O) groups excluding carboxylic acids is 1. The Hall–Kier alpha value is -1.49. The van der Waals surface area contributed by atoms with Crippen LogP contribution in [0.25, 0.3) is 0 Å². The molecule has 1 aliphatic rings. The number of rotatable bonds is 4. The van der Waals surface area contributed by atoms with Crippen molar-refractivity contribution in [3.8, 4) is 0 Å². The third-order valence-electron chi connectivity index (χ3n) is 4.05. The van der Waals surface area contributed by atoms with Gasteiger partial charge in [0.1, 0.15) is 11.6 Å². The van der Waals surface area contributed by atoms with Crippen molar-refractivity contribution in [1.82, 2.24) is 5.32 Å². The standard InChI is InChI=1S/C15H20F2N2O/c1-18-15(7-3-2-4-8-15)10-14(20)19-13-6-5-11(16)9-12(13)17/h5-6,9,18H,2-4,7-8,10H2,1H3,(H,19,20). The molecule has 1 saturated carbocycles. The van der Waals surface area contributed by atoms with Crippen LogP contribution in [0.5, 0.6) is 0 Å². The fourth-order valence-electron chi connectivity index (χ4n) is 2.84. The molecule has 0 aliphatic heterocycles. The predicted molar refractivity (Wildman–Crippen MR) is 74.5 cm³/mol. The average Bonchev–Trinajstić information content (AvgIpc) is 2.43. The molecule has 0 radical (unpaired) electrons. The van der Waals surface area contributed by atoms with Gasteiger partial charge in [0, 0.05) is 18.0 Å². The highest BCUT2D eigenvalue weighted by molar-refractivity contribution is 5.91. The summed E-state index contributed by atoms with van der Waals surface area (Å²) in [7, 11) is 1.86. The van der Waals surface area contributed by atoms with E-state index >= 15 is 0 Å². The highest BCUT2D eigenvalue weighted by atomic mass is 19.1. The SMILES string of the molecule is CNC1(CC(=O)Nc2ccc(F)cc2F)CCCCC1. The summed E-state index contributed by atoms with van der Waals surface area (Å²) in [5.41, 5.74) is -0.169. The number of hydrogen-bond acceptors (Lipinski definition) is 2. The number of hydrogen-bond donors (Lipinski definition) is 2. The molecule has 2 N–H and O–H groups in total. The molecule has 110 valence electrons. The normalized spacial score (nSPS) is 17.8. The summed E-state index contributed by atoms with van der Waals surface area (Å²) < 4.78 is 26.3. The van der Waals surface area contributed by atoms with E-state index in [4.69, 9.17) is 0 Å². The van der Waals surface area contributed by atoms with Gasteiger partial charge in [-0.25, -0.2) is 8.78 Å². The van der Waals surface area contributed by atoms with E-state index < -0.39 is 11.6 Å². The van der Waals surface area contributed by atoms with Crippen molar-refractivity contribution in [3.05, 3.63) is 29.8 Å². The van der Waals surface area contributed by atoms with E-state index in [0.717, 1.165) is 37.8 Å². The third-order valence-corrected chi connectivity index (χ3v) is 4.05. The van der Waals surface area contributed by atoms with Gasteiger partial charge >= 0.3 is 0 Å². The molecule has 1 aromatic carbocycles. The van der Waals surface area contributed by atoms with Gasteiger partial charge in [-0.1, -0.05) is 19.3 Å². The van der Waals surface area contributed by atoms with Crippen molar-refractivity contribution in [2.45, 2.75) is 44.1 Å². The maximum absolute atomic E-state index is 13.5. The summed E-state index contributed by atoms with van der Waals surface area (Å²) in [4.78, 5) is 12.1. The van der Waals surface area contributed by atoms with Crippen LogP contribution >= 0.6 is 0 Å². The Kier molecular flexibility index (Phi) is 4.70. The second kappa shape index (κ2) is 6.31. The molecule has 0 bridgehead atoms. The number of carbonyl (C=O) groups is 1. The Morgan fingerprint density at radius 2 is 1.95 bits per heavy atom.